The van der Waals surface area contributed by atoms with Gasteiger partial charge in [0.2, 0.25) is 0 Å². The SMILES string of the molecule is Nc1ccc2nc(NCC3CC3)ccc2c1. The Hall–Kier alpha value is -1.77. The minimum absolute atomic E-state index is 0.785. The van der Waals surface area contributed by atoms with Gasteiger partial charge in [0, 0.05) is 17.6 Å². The van der Waals surface area contributed by atoms with Crippen LogP contribution in [0.15, 0.2) is 30.3 Å². The number of hydrogen-bond acceptors (Lipinski definition) is 3. The average Bonchev–Trinajstić information content (AvgIpc) is 3.10. The number of nitrogens with one attached hydrogen (secondary N) is 1. The summed E-state index contributed by atoms with van der Waals surface area (Å²) in [6, 6.07) is 9.89. The monoisotopic (exact) mass is 213 g/mol. The van der Waals surface area contributed by atoms with E-state index in [1.807, 2.05) is 24.3 Å². The van der Waals surface area contributed by atoms with Crippen molar-refractivity contribution in [3.63, 3.8) is 0 Å². The number of pyridine rings is 1. The lowest BCUT2D eigenvalue weighted by Crippen LogP contribution is -2.04. The summed E-state index contributed by atoms with van der Waals surface area (Å²) in [7, 11) is 0. The molecule has 1 aromatic carbocycles. The molecular weight excluding hydrogens is 198 g/mol. The summed E-state index contributed by atoms with van der Waals surface area (Å²) in [5.74, 6) is 1.83. The van der Waals surface area contributed by atoms with Crippen molar-refractivity contribution >= 4 is 22.4 Å². The zero-order chi connectivity index (χ0) is 11.0. The largest absolute Gasteiger partial charge is 0.399 e. The van der Waals surface area contributed by atoms with Crippen LogP contribution in [0, 0.1) is 5.92 Å². The van der Waals surface area contributed by atoms with Crippen LogP contribution in [0.4, 0.5) is 11.5 Å². The van der Waals surface area contributed by atoms with Crippen molar-refractivity contribution in [3.8, 4) is 0 Å². The van der Waals surface area contributed by atoms with Crippen LogP contribution in [0.1, 0.15) is 12.8 Å². The predicted molar refractivity (Wildman–Crippen MR) is 67.4 cm³/mol. The Kier molecular flexibility index (Phi) is 2.17. The second-order valence-corrected chi connectivity index (χ2v) is 4.47. The molecule has 3 rings (SSSR count). The quantitative estimate of drug-likeness (QED) is 0.771. The molecule has 3 heteroatoms. The molecule has 1 fully saturated rings. The number of anilines is 2. The number of rotatable bonds is 3. The van der Waals surface area contributed by atoms with Gasteiger partial charge in [-0.05, 0) is 49.1 Å². The number of fused-ring (bicyclic) bond motifs is 1. The molecule has 1 saturated carbocycles. The summed E-state index contributed by atoms with van der Waals surface area (Å²) in [5, 5.41) is 4.47. The highest BCUT2D eigenvalue weighted by molar-refractivity contribution is 5.83. The first-order valence-corrected chi connectivity index (χ1v) is 5.71. The van der Waals surface area contributed by atoms with Gasteiger partial charge in [-0.2, -0.15) is 0 Å². The van der Waals surface area contributed by atoms with Gasteiger partial charge in [0.1, 0.15) is 5.82 Å². The van der Waals surface area contributed by atoms with E-state index < -0.39 is 0 Å². The van der Waals surface area contributed by atoms with Gasteiger partial charge in [-0.1, -0.05) is 0 Å². The molecule has 1 aromatic heterocycles. The first-order valence-electron chi connectivity index (χ1n) is 5.71. The van der Waals surface area contributed by atoms with Crippen molar-refractivity contribution in [1.29, 1.82) is 0 Å². The summed E-state index contributed by atoms with van der Waals surface area (Å²) in [6.45, 7) is 1.05. The molecule has 0 aliphatic heterocycles. The molecule has 1 aliphatic carbocycles. The van der Waals surface area contributed by atoms with Crippen LogP contribution in [0.5, 0.6) is 0 Å². The highest BCUT2D eigenvalue weighted by Gasteiger charge is 2.20. The highest BCUT2D eigenvalue weighted by atomic mass is 15.0. The molecule has 16 heavy (non-hydrogen) atoms. The molecule has 0 atom stereocenters. The van der Waals surface area contributed by atoms with Crippen LogP contribution in [-0.4, -0.2) is 11.5 Å². The van der Waals surface area contributed by atoms with E-state index in [0.717, 1.165) is 34.9 Å². The van der Waals surface area contributed by atoms with Crippen molar-refractivity contribution in [2.75, 3.05) is 17.6 Å². The van der Waals surface area contributed by atoms with Crippen molar-refractivity contribution < 1.29 is 0 Å². The normalized spacial score (nSPS) is 15.2. The van der Waals surface area contributed by atoms with Crippen molar-refractivity contribution in [2.24, 2.45) is 5.92 Å². The molecule has 1 aliphatic rings. The summed E-state index contributed by atoms with van der Waals surface area (Å²) in [4.78, 5) is 4.55. The van der Waals surface area contributed by atoms with E-state index in [1.165, 1.54) is 12.8 Å². The second kappa shape index (κ2) is 3.67. The van der Waals surface area contributed by atoms with Crippen LogP contribution in [0.3, 0.4) is 0 Å². The minimum Gasteiger partial charge on any atom is -0.399 e. The van der Waals surface area contributed by atoms with Crippen molar-refractivity contribution in [3.05, 3.63) is 30.3 Å². The molecule has 82 valence electrons. The Morgan fingerprint density at radius 3 is 2.94 bits per heavy atom. The zero-order valence-electron chi connectivity index (χ0n) is 9.11. The number of aromatic nitrogens is 1. The number of hydrogen-bond donors (Lipinski definition) is 2. The van der Waals surface area contributed by atoms with Gasteiger partial charge >= 0.3 is 0 Å². The summed E-state index contributed by atoms with van der Waals surface area (Å²) in [5.41, 5.74) is 7.51. The maximum absolute atomic E-state index is 5.73. The fraction of sp³-hybridized carbons (Fsp3) is 0.308. The number of nitrogens with two attached hydrogens (primary N) is 1. The van der Waals surface area contributed by atoms with Gasteiger partial charge in [-0.3, -0.25) is 0 Å². The fourth-order valence-electron chi connectivity index (χ4n) is 1.81. The molecule has 1 heterocycles. The van der Waals surface area contributed by atoms with Crippen LogP contribution in [0.25, 0.3) is 10.9 Å². The van der Waals surface area contributed by atoms with Gasteiger partial charge in [-0.15, -0.1) is 0 Å². The zero-order valence-corrected chi connectivity index (χ0v) is 9.11. The van der Waals surface area contributed by atoms with E-state index >= 15 is 0 Å². The molecule has 0 spiro atoms. The second-order valence-electron chi connectivity index (χ2n) is 4.47. The molecule has 0 amide bonds. The van der Waals surface area contributed by atoms with E-state index in [-0.39, 0.29) is 0 Å². The summed E-state index contributed by atoms with van der Waals surface area (Å²) >= 11 is 0. The third-order valence-corrected chi connectivity index (χ3v) is 2.98. The molecule has 0 radical (unpaired) electrons. The molecule has 0 bridgehead atoms. The van der Waals surface area contributed by atoms with E-state index in [4.69, 9.17) is 5.73 Å². The molecule has 2 aromatic rings. The van der Waals surface area contributed by atoms with Crippen LogP contribution in [-0.2, 0) is 0 Å². The van der Waals surface area contributed by atoms with Crippen molar-refractivity contribution in [2.45, 2.75) is 12.8 Å². The first kappa shape index (κ1) is 9.46. The third kappa shape index (κ3) is 1.94. The molecule has 0 saturated heterocycles. The van der Waals surface area contributed by atoms with Gasteiger partial charge in [-0.25, -0.2) is 4.98 Å². The van der Waals surface area contributed by atoms with E-state index in [9.17, 15) is 0 Å². The molecule has 0 unspecified atom stereocenters. The summed E-state index contributed by atoms with van der Waals surface area (Å²) in [6.07, 6.45) is 2.72. The number of benzene rings is 1. The Bertz CT molecular complexity index is 518. The molecule has 3 nitrogen and oxygen atoms in total. The highest BCUT2D eigenvalue weighted by Crippen LogP contribution is 2.29. The van der Waals surface area contributed by atoms with E-state index in [1.54, 1.807) is 0 Å². The Morgan fingerprint density at radius 1 is 1.25 bits per heavy atom. The maximum Gasteiger partial charge on any atom is 0.126 e. The number of nitrogens with zero attached hydrogens (tertiary/aromatic N) is 1. The standard InChI is InChI=1S/C13H15N3/c14-11-4-5-12-10(7-11)3-6-13(16-12)15-8-9-1-2-9/h3-7,9H,1-2,8,14H2,(H,15,16). The van der Waals surface area contributed by atoms with Gasteiger partial charge < -0.3 is 11.1 Å². The lowest BCUT2D eigenvalue weighted by molar-refractivity contribution is 0.884. The van der Waals surface area contributed by atoms with Crippen LogP contribution >= 0.6 is 0 Å². The third-order valence-electron chi connectivity index (χ3n) is 2.98. The van der Waals surface area contributed by atoms with Crippen LogP contribution in [0.2, 0.25) is 0 Å². The molecular formula is C13H15N3. The Labute approximate surface area is 94.7 Å². The van der Waals surface area contributed by atoms with Crippen molar-refractivity contribution in [1.82, 2.24) is 4.98 Å². The molecule has 3 N–H and O–H groups in total. The van der Waals surface area contributed by atoms with Gasteiger partial charge in [0.05, 0.1) is 5.52 Å². The van der Waals surface area contributed by atoms with Crippen LogP contribution < -0.4 is 11.1 Å². The maximum atomic E-state index is 5.73. The lowest BCUT2D eigenvalue weighted by Gasteiger charge is -2.06. The minimum atomic E-state index is 0.785. The fourth-order valence-corrected chi connectivity index (χ4v) is 1.81. The lowest BCUT2D eigenvalue weighted by atomic mass is 10.2. The smallest absolute Gasteiger partial charge is 0.126 e. The first-order chi connectivity index (χ1) is 7.81. The Balaban J connectivity index is 1.86. The van der Waals surface area contributed by atoms with Gasteiger partial charge in [0.15, 0.2) is 0 Å². The summed E-state index contributed by atoms with van der Waals surface area (Å²) < 4.78 is 0. The number of nitrogen functional groups attached to an aromatic ring is 1. The topological polar surface area (TPSA) is 50.9 Å². The predicted octanol–water partition coefficient (Wildman–Crippen LogP) is 2.64. The van der Waals surface area contributed by atoms with E-state index in [0.29, 0.717) is 0 Å². The van der Waals surface area contributed by atoms with E-state index in [2.05, 4.69) is 16.4 Å². The van der Waals surface area contributed by atoms with Gasteiger partial charge in [0.25, 0.3) is 0 Å². The Morgan fingerprint density at radius 2 is 2.12 bits per heavy atom. The average molecular weight is 213 g/mol.